The van der Waals surface area contributed by atoms with Gasteiger partial charge in [0.15, 0.2) is 11.6 Å². The fourth-order valence-electron chi connectivity index (χ4n) is 0.974. The van der Waals surface area contributed by atoms with E-state index in [1.54, 1.807) is 0 Å². The van der Waals surface area contributed by atoms with E-state index < -0.39 is 17.9 Å². The van der Waals surface area contributed by atoms with Crippen molar-refractivity contribution in [1.82, 2.24) is 0 Å². The van der Waals surface area contributed by atoms with Crippen LogP contribution in [-0.2, 0) is 11.2 Å². The fourth-order valence-corrected chi connectivity index (χ4v) is 0.974. The second-order valence-corrected chi connectivity index (χ2v) is 2.68. The van der Waals surface area contributed by atoms with Crippen LogP contribution in [0, 0.1) is 5.82 Å². The molecule has 0 amide bonds. The number of hydrogen-bond acceptors (Lipinski definition) is 2. The molecule has 0 heterocycles. The van der Waals surface area contributed by atoms with Crippen molar-refractivity contribution < 1.29 is 27.1 Å². The van der Waals surface area contributed by atoms with Crippen LogP contribution in [0.4, 0.5) is 17.6 Å². The number of ether oxygens (including phenoxy) is 1. The van der Waals surface area contributed by atoms with Gasteiger partial charge in [-0.3, -0.25) is 0 Å². The molecular formula is C9H6F4O2. The molecule has 0 saturated carbocycles. The number of rotatable bonds is 3. The molecule has 1 aromatic rings. The molecule has 0 fully saturated rings. The lowest BCUT2D eigenvalue weighted by atomic mass is 10.1. The van der Waals surface area contributed by atoms with Gasteiger partial charge in [0.1, 0.15) is 6.29 Å². The van der Waals surface area contributed by atoms with E-state index >= 15 is 0 Å². The van der Waals surface area contributed by atoms with Crippen LogP contribution in [0.3, 0.4) is 0 Å². The van der Waals surface area contributed by atoms with Crippen molar-refractivity contribution in [1.29, 1.82) is 0 Å². The van der Waals surface area contributed by atoms with Crippen LogP contribution in [0.5, 0.6) is 5.75 Å². The van der Waals surface area contributed by atoms with E-state index in [-0.39, 0.29) is 12.0 Å². The third-order valence-electron chi connectivity index (χ3n) is 1.54. The Morgan fingerprint density at radius 3 is 2.53 bits per heavy atom. The number of carbonyl (C=O) groups is 1. The molecule has 0 atom stereocenters. The lowest BCUT2D eigenvalue weighted by molar-refractivity contribution is -0.275. The van der Waals surface area contributed by atoms with Gasteiger partial charge in [-0.15, -0.1) is 13.2 Å². The van der Waals surface area contributed by atoms with Crippen LogP contribution in [0.25, 0.3) is 0 Å². The molecule has 0 spiro atoms. The van der Waals surface area contributed by atoms with Crippen molar-refractivity contribution in [2.75, 3.05) is 0 Å². The van der Waals surface area contributed by atoms with Crippen LogP contribution in [0.2, 0.25) is 0 Å². The van der Waals surface area contributed by atoms with E-state index in [9.17, 15) is 22.4 Å². The smallest absolute Gasteiger partial charge is 0.403 e. The lowest BCUT2D eigenvalue weighted by Gasteiger charge is -2.10. The molecule has 0 aliphatic heterocycles. The minimum Gasteiger partial charge on any atom is -0.403 e. The molecule has 1 aromatic carbocycles. The highest BCUT2D eigenvalue weighted by Crippen LogP contribution is 2.26. The predicted molar refractivity (Wildman–Crippen MR) is 42.9 cm³/mol. The fraction of sp³-hybridized carbons (Fsp3) is 0.222. The van der Waals surface area contributed by atoms with Gasteiger partial charge < -0.3 is 9.53 Å². The molecule has 0 aliphatic rings. The molecule has 0 aliphatic carbocycles. The zero-order valence-corrected chi connectivity index (χ0v) is 7.34. The quantitative estimate of drug-likeness (QED) is 0.580. The summed E-state index contributed by atoms with van der Waals surface area (Å²) in [5.74, 6) is -2.05. The van der Waals surface area contributed by atoms with Crippen molar-refractivity contribution in [3.8, 4) is 5.75 Å². The van der Waals surface area contributed by atoms with Gasteiger partial charge in [0.05, 0.1) is 0 Å². The summed E-state index contributed by atoms with van der Waals surface area (Å²) in [7, 11) is 0. The monoisotopic (exact) mass is 222 g/mol. The van der Waals surface area contributed by atoms with Gasteiger partial charge >= 0.3 is 6.36 Å². The molecule has 6 heteroatoms. The third-order valence-corrected chi connectivity index (χ3v) is 1.54. The first-order valence-electron chi connectivity index (χ1n) is 3.90. The Morgan fingerprint density at radius 2 is 2.00 bits per heavy atom. The van der Waals surface area contributed by atoms with E-state index in [1.165, 1.54) is 6.07 Å². The van der Waals surface area contributed by atoms with Gasteiger partial charge in [-0.2, -0.15) is 0 Å². The topological polar surface area (TPSA) is 26.3 Å². The second-order valence-electron chi connectivity index (χ2n) is 2.68. The average Bonchev–Trinajstić information content (AvgIpc) is 2.09. The van der Waals surface area contributed by atoms with Crippen LogP contribution >= 0.6 is 0 Å². The zero-order valence-electron chi connectivity index (χ0n) is 7.34. The van der Waals surface area contributed by atoms with E-state index in [2.05, 4.69) is 4.74 Å². The van der Waals surface area contributed by atoms with Gasteiger partial charge in [0.2, 0.25) is 0 Å². The van der Waals surface area contributed by atoms with Crippen LogP contribution in [-0.4, -0.2) is 12.6 Å². The largest absolute Gasteiger partial charge is 0.573 e. The van der Waals surface area contributed by atoms with Gasteiger partial charge in [-0.1, -0.05) is 6.07 Å². The number of alkyl halides is 3. The maximum Gasteiger partial charge on any atom is 0.573 e. The summed E-state index contributed by atoms with van der Waals surface area (Å²) in [5, 5.41) is 0. The van der Waals surface area contributed by atoms with Gasteiger partial charge in [0, 0.05) is 6.42 Å². The molecule has 15 heavy (non-hydrogen) atoms. The van der Waals surface area contributed by atoms with E-state index in [0.717, 1.165) is 12.1 Å². The van der Waals surface area contributed by atoms with Crippen molar-refractivity contribution >= 4 is 6.29 Å². The van der Waals surface area contributed by atoms with E-state index in [1.807, 2.05) is 0 Å². The number of aldehydes is 1. The summed E-state index contributed by atoms with van der Waals surface area (Å²) in [6.45, 7) is 0. The van der Waals surface area contributed by atoms with Crippen molar-refractivity contribution in [3.05, 3.63) is 29.6 Å². The van der Waals surface area contributed by atoms with Gasteiger partial charge in [0.25, 0.3) is 0 Å². The van der Waals surface area contributed by atoms with Gasteiger partial charge in [-0.05, 0) is 17.7 Å². The lowest BCUT2D eigenvalue weighted by Crippen LogP contribution is -2.18. The summed E-state index contributed by atoms with van der Waals surface area (Å²) in [6, 6.07) is 2.88. The summed E-state index contributed by atoms with van der Waals surface area (Å²) in [6.07, 6.45) is -4.53. The average molecular weight is 222 g/mol. The molecule has 82 valence electrons. The van der Waals surface area contributed by atoms with Crippen LogP contribution < -0.4 is 4.74 Å². The number of benzene rings is 1. The first-order valence-corrected chi connectivity index (χ1v) is 3.90. The maximum absolute atomic E-state index is 12.8. The second kappa shape index (κ2) is 4.29. The molecule has 1 rings (SSSR count). The predicted octanol–water partition coefficient (Wildman–Crippen LogP) is 2.47. The summed E-state index contributed by atoms with van der Waals surface area (Å²) in [4.78, 5) is 10.1. The van der Waals surface area contributed by atoms with Gasteiger partial charge in [-0.25, -0.2) is 4.39 Å². The number of hydrogen-bond donors (Lipinski definition) is 0. The van der Waals surface area contributed by atoms with E-state index in [0.29, 0.717) is 6.29 Å². The van der Waals surface area contributed by atoms with E-state index in [4.69, 9.17) is 0 Å². The molecular weight excluding hydrogens is 216 g/mol. The number of carbonyl (C=O) groups excluding carboxylic acids is 1. The molecule has 0 aromatic heterocycles. The summed E-state index contributed by atoms with van der Waals surface area (Å²) < 4.78 is 51.6. The Labute approximate surface area is 82.5 Å². The molecule has 2 nitrogen and oxygen atoms in total. The normalized spacial score (nSPS) is 11.2. The Balaban J connectivity index is 2.95. The molecule has 0 bridgehead atoms. The molecule has 0 radical (unpaired) electrons. The minimum atomic E-state index is -4.94. The van der Waals surface area contributed by atoms with Crippen molar-refractivity contribution in [3.63, 3.8) is 0 Å². The highest BCUT2D eigenvalue weighted by Gasteiger charge is 2.32. The SMILES string of the molecule is O=CCc1ccc(F)c(OC(F)(F)F)c1. The Bertz CT molecular complexity index is 360. The first kappa shape index (κ1) is 11.5. The Hall–Kier alpha value is -1.59. The van der Waals surface area contributed by atoms with Crippen molar-refractivity contribution in [2.24, 2.45) is 0 Å². The molecule has 0 N–H and O–H groups in total. The maximum atomic E-state index is 12.8. The highest BCUT2D eigenvalue weighted by atomic mass is 19.4. The van der Waals surface area contributed by atoms with Crippen LogP contribution in [0.15, 0.2) is 18.2 Å². The summed E-state index contributed by atoms with van der Waals surface area (Å²) >= 11 is 0. The highest BCUT2D eigenvalue weighted by molar-refractivity contribution is 5.55. The Kier molecular flexibility index (Phi) is 3.28. The third kappa shape index (κ3) is 3.57. The number of halogens is 4. The van der Waals surface area contributed by atoms with Crippen LogP contribution in [0.1, 0.15) is 5.56 Å². The standard InChI is InChI=1S/C9H6F4O2/c10-7-2-1-6(3-4-14)5-8(7)15-9(11,12)13/h1-2,4-5H,3H2. The first-order chi connectivity index (χ1) is 6.92. The minimum absolute atomic E-state index is 0.0888. The van der Waals surface area contributed by atoms with Crippen molar-refractivity contribution in [2.45, 2.75) is 12.8 Å². The molecule has 0 unspecified atom stereocenters. The Morgan fingerprint density at radius 1 is 1.33 bits per heavy atom. The summed E-state index contributed by atoms with van der Waals surface area (Å²) in [5.41, 5.74) is 0.255. The molecule has 0 saturated heterocycles. The zero-order chi connectivity index (χ0) is 11.5.